The molecule has 0 saturated heterocycles. The average molecular weight is 255 g/mol. The Morgan fingerprint density at radius 3 is 2.47 bits per heavy atom. The van der Waals surface area contributed by atoms with Gasteiger partial charge in [-0.1, -0.05) is 43.9 Å². The lowest BCUT2D eigenvalue weighted by molar-refractivity contribution is 0.377. The lowest BCUT2D eigenvalue weighted by Gasteiger charge is -2.13. The number of hydrogen-bond acceptors (Lipinski definition) is 2. The summed E-state index contributed by atoms with van der Waals surface area (Å²) in [7, 11) is -3.49. The maximum Gasteiger partial charge on any atom is 0.376 e. The van der Waals surface area contributed by atoms with Gasteiger partial charge in [0.05, 0.1) is 6.16 Å². The molecule has 0 aliphatic carbocycles. The minimum Gasteiger partial charge on any atom is -0.424 e. The molecule has 1 radical (unpaired) electrons. The van der Waals surface area contributed by atoms with Crippen LogP contribution >= 0.6 is 7.60 Å². The molecule has 0 bridgehead atoms. The third kappa shape index (κ3) is 5.90. The average Bonchev–Trinajstić information content (AvgIpc) is 2.27. The Morgan fingerprint density at radius 1 is 1.24 bits per heavy atom. The van der Waals surface area contributed by atoms with Crippen LogP contribution < -0.4 is 4.52 Å². The summed E-state index contributed by atoms with van der Waals surface area (Å²) >= 11 is 0. The molecule has 0 fully saturated rings. The van der Waals surface area contributed by atoms with E-state index in [1.54, 1.807) is 12.1 Å². The molecular weight excluding hydrogens is 235 g/mol. The van der Waals surface area contributed by atoms with Crippen LogP contribution in [-0.2, 0) is 4.57 Å². The quantitative estimate of drug-likeness (QED) is 0.592. The fourth-order valence-electron chi connectivity index (χ4n) is 1.47. The Kier molecular flexibility index (Phi) is 5.73. The summed E-state index contributed by atoms with van der Waals surface area (Å²) in [5, 5.41) is 0. The van der Waals surface area contributed by atoms with Gasteiger partial charge in [0, 0.05) is 0 Å². The molecule has 1 aromatic rings. The van der Waals surface area contributed by atoms with Crippen molar-refractivity contribution in [1.29, 1.82) is 0 Å². The highest BCUT2D eigenvalue weighted by Gasteiger charge is 2.19. The summed E-state index contributed by atoms with van der Waals surface area (Å²) < 4.78 is 16.9. The van der Waals surface area contributed by atoms with Crippen molar-refractivity contribution < 1.29 is 14.0 Å². The van der Waals surface area contributed by atoms with E-state index in [-0.39, 0.29) is 6.16 Å². The Bertz CT molecular complexity index is 373. The summed E-state index contributed by atoms with van der Waals surface area (Å²) in [5.74, 6) is 0.457. The lowest BCUT2D eigenvalue weighted by Crippen LogP contribution is -1.97. The standard InChI is InChI=1S/C13H20O3P/c1-3-4-5-6-11-17(14,15)16-13-9-7-12(2)8-10-13/h7-10H,1,3-6,11H2,2H3,(H,14,15). The van der Waals surface area contributed by atoms with Gasteiger partial charge in [0.25, 0.3) is 0 Å². The molecule has 1 aromatic carbocycles. The van der Waals surface area contributed by atoms with E-state index in [1.807, 2.05) is 19.1 Å². The van der Waals surface area contributed by atoms with E-state index in [0.29, 0.717) is 12.2 Å². The van der Waals surface area contributed by atoms with Crippen LogP contribution in [0.15, 0.2) is 24.3 Å². The first kappa shape index (κ1) is 14.3. The molecule has 1 unspecified atom stereocenters. The molecule has 3 nitrogen and oxygen atoms in total. The maximum atomic E-state index is 11.7. The minimum absolute atomic E-state index is 0.209. The van der Waals surface area contributed by atoms with Crippen LogP contribution in [0.3, 0.4) is 0 Å². The van der Waals surface area contributed by atoms with Crippen molar-refractivity contribution in [2.24, 2.45) is 0 Å². The van der Waals surface area contributed by atoms with Crippen molar-refractivity contribution in [3.8, 4) is 5.75 Å². The zero-order valence-electron chi connectivity index (χ0n) is 10.3. The first-order valence-corrected chi connectivity index (χ1v) is 7.67. The molecule has 1 N–H and O–H groups in total. The van der Waals surface area contributed by atoms with Crippen LogP contribution in [-0.4, -0.2) is 11.1 Å². The van der Waals surface area contributed by atoms with Crippen LogP contribution in [0.1, 0.15) is 31.2 Å². The molecule has 1 rings (SSSR count). The smallest absolute Gasteiger partial charge is 0.376 e. The topological polar surface area (TPSA) is 46.5 Å². The second-order valence-corrected chi connectivity index (χ2v) is 6.08. The van der Waals surface area contributed by atoms with E-state index in [1.165, 1.54) is 0 Å². The van der Waals surface area contributed by atoms with E-state index in [0.717, 1.165) is 24.8 Å². The van der Waals surface area contributed by atoms with Crippen molar-refractivity contribution in [2.45, 2.75) is 32.6 Å². The van der Waals surface area contributed by atoms with Gasteiger partial charge in [-0.2, -0.15) is 0 Å². The SMILES string of the molecule is [CH2]CCCCCP(=O)(O)Oc1ccc(C)cc1. The van der Waals surface area contributed by atoms with Crippen molar-refractivity contribution in [3.63, 3.8) is 0 Å². The Morgan fingerprint density at radius 2 is 1.88 bits per heavy atom. The third-order valence-electron chi connectivity index (χ3n) is 2.46. The van der Waals surface area contributed by atoms with Gasteiger partial charge in [-0.15, -0.1) is 0 Å². The van der Waals surface area contributed by atoms with Gasteiger partial charge in [-0.25, -0.2) is 4.57 Å². The predicted octanol–water partition coefficient (Wildman–Crippen LogP) is 3.95. The van der Waals surface area contributed by atoms with E-state index in [4.69, 9.17) is 4.52 Å². The summed E-state index contributed by atoms with van der Waals surface area (Å²) in [5.41, 5.74) is 1.10. The largest absolute Gasteiger partial charge is 0.424 e. The van der Waals surface area contributed by atoms with E-state index >= 15 is 0 Å². The normalized spacial score (nSPS) is 14.3. The maximum absolute atomic E-state index is 11.7. The van der Waals surface area contributed by atoms with Crippen molar-refractivity contribution in [1.82, 2.24) is 0 Å². The number of aryl methyl sites for hydroxylation is 1. The lowest BCUT2D eigenvalue weighted by atomic mass is 10.2. The van der Waals surface area contributed by atoms with Gasteiger partial charge >= 0.3 is 7.60 Å². The molecular formula is C13H20O3P. The van der Waals surface area contributed by atoms with Gasteiger partial charge in [0.2, 0.25) is 0 Å². The van der Waals surface area contributed by atoms with Crippen molar-refractivity contribution in [3.05, 3.63) is 36.8 Å². The fourth-order valence-corrected chi connectivity index (χ4v) is 2.64. The van der Waals surface area contributed by atoms with Gasteiger partial charge in [0.15, 0.2) is 0 Å². The number of hydrogen-bond donors (Lipinski definition) is 1. The van der Waals surface area contributed by atoms with Gasteiger partial charge in [-0.05, 0) is 25.5 Å². The number of benzene rings is 1. The van der Waals surface area contributed by atoms with Gasteiger partial charge < -0.3 is 9.42 Å². The Hall–Kier alpha value is -0.790. The fraction of sp³-hybridized carbons (Fsp3) is 0.462. The summed E-state index contributed by atoms with van der Waals surface area (Å²) in [6.45, 7) is 5.69. The molecule has 1 atom stereocenters. The van der Waals surface area contributed by atoms with E-state index in [9.17, 15) is 9.46 Å². The molecule has 0 saturated carbocycles. The highest BCUT2D eigenvalue weighted by Crippen LogP contribution is 2.43. The van der Waals surface area contributed by atoms with Gasteiger partial charge in [0.1, 0.15) is 5.75 Å². The Labute approximate surface area is 103 Å². The molecule has 0 amide bonds. The molecule has 95 valence electrons. The molecule has 0 spiro atoms. The second kappa shape index (κ2) is 6.83. The summed E-state index contributed by atoms with van der Waals surface area (Å²) in [6.07, 6.45) is 3.69. The highest BCUT2D eigenvalue weighted by atomic mass is 31.2. The minimum atomic E-state index is -3.49. The van der Waals surface area contributed by atoms with Crippen LogP contribution in [0.5, 0.6) is 5.75 Å². The molecule has 17 heavy (non-hydrogen) atoms. The zero-order valence-corrected chi connectivity index (χ0v) is 11.2. The summed E-state index contributed by atoms with van der Waals surface area (Å²) in [4.78, 5) is 9.65. The van der Waals surface area contributed by atoms with Crippen molar-refractivity contribution >= 4 is 7.60 Å². The molecule has 0 aromatic heterocycles. The second-order valence-electron chi connectivity index (χ2n) is 4.18. The monoisotopic (exact) mass is 255 g/mol. The summed E-state index contributed by atoms with van der Waals surface area (Å²) in [6, 6.07) is 7.15. The van der Waals surface area contributed by atoms with Crippen LogP contribution in [0.2, 0.25) is 0 Å². The van der Waals surface area contributed by atoms with Gasteiger partial charge in [-0.3, -0.25) is 0 Å². The highest BCUT2D eigenvalue weighted by molar-refractivity contribution is 7.53. The molecule has 0 heterocycles. The molecule has 0 aliphatic rings. The van der Waals surface area contributed by atoms with Crippen molar-refractivity contribution in [2.75, 3.05) is 6.16 Å². The Balaban J connectivity index is 2.43. The van der Waals surface area contributed by atoms with Crippen LogP contribution in [0.4, 0.5) is 0 Å². The van der Waals surface area contributed by atoms with Crippen LogP contribution in [0.25, 0.3) is 0 Å². The predicted molar refractivity (Wildman–Crippen MR) is 70.3 cm³/mol. The first-order chi connectivity index (χ1) is 8.03. The number of unbranched alkanes of at least 4 members (excludes halogenated alkanes) is 3. The molecule has 0 aliphatic heterocycles. The zero-order chi connectivity index (χ0) is 12.7. The van der Waals surface area contributed by atoms with E-state index < -0.39 is 7.60 Å². The first-order valence-electron chi connectivity index (χ1n) is 5.91. The molecule has 4 heteroatoms. The third-order valence-corrected chi connectivity index (χ3v) is 3.84. The number of rotatable bonds is 7. The van der Waals surface area contributed by atoms with E-state index in [2.05, 4.69) is 6.92 Å². The van der Waals surface area contributed by atoms with Crippen LogP contribution in [0, 0.1) is 13.8 Å².